The molecular weight excluding hydrogens is 395 g/mol. The Bertz CT molecular complexity index is 952. The summed E-state index contributed by atoms with van der Waals surface area (Å²) >= 11 is 0. The first kappa shape index (κ1) is 21.6. The number of halogens is 3. The van der Waals surface area contributed by atoms with Crippen molar-refractivity contribution in [1.29, 1.82) is 0 Å². The summed E-state index contributed by atoms with van der Waals surface area (Å²) in [5, 5.41) is 2.54. The van der Waals surface area contributed by atoms with Crippen LogP contribution in [0.15, 0.2) is 65.9 Å². The van der Waals surface area contributed by atoms with Crippen molar-refractivity contribution >= 4 is 11.9 Å². The zero-order valence-corrected chi connectivity index (χ0v) is 16.5. The second-order valence-electron chi connectivity index (χ2n) is 7.15. The van der Waals surface area contributed by atoms with Crippen LogP contribution < -0.4 is 5.32 Å². The van der Waals surface area contributed by atoms with E-state index in [1.165, 1.54) is 25.1 Å². The van der Waals surface area contributed by atoms with Crippen LogP contribution in [0.3, 0.4) is 0 Å². The molecular formula is C23H22F3NO3. The average Bonchev–Trinajstić information content (AvgIpc) is 2.70. The first-order valence-corrected chi connectivity index (χ1v) is 9.65. The quantitative estimate of drug-likeness (QED) is 0.545. The number of hydrogen-bond acceptors (Lipinski definition) is 3. The fraction of sp³-hybridized carbons (Fsp3) is 0.304. The van der Waals surface area contributed by atoms with Crippen LogP contribution in [0.4, 0.5) is 13.2 Å². The van der Waals surface area contributed by atoms with E-state index in [-0.39, 0.29) is 29.9 Å². The Hall–Kier alpha value is -3.09. The van der Waals surface area contributed by atoms with E-state index in [1.807, 2.05) is 30.3 Å². The topological polar surface area (TPSA) is 55.4 Å². The predicted octanol–water partition coefficient (Wildman–Crippen LogP) is 4.76. The predicted molar refractivity (Wildman–Crippen MR) is 105 cm³/mol. The lowest BCUT2D eigenvalue weighted by Gasteiger charge is -2.28. The molecule has 3 rings (SSSR count). The number of allylic oxidation sites excluding steroid dienone is 1. The maximum atomic E-state index is 13.5. The van der Waals surface area contributed by atoms with Crippen LogP contribution in [0.2, 0.25) is 0 Å². The molecule has 1 amide bonds. The number of nitrogens with one attached hydrogen (secondary N) is 1. The normalized spacial score (nSPS) is 16.9. The summed E-state index contributed by atoms with van der Waals surface area (Å²) in [6.07, 6.45) is -3.55. The van der Waals surface area contributed by atoms with E-state index < -0.39 is 29.5 Å². The van der Waals surface area contributed by atoms with Gasteiger partial charge in [0.2, 0.25) is 5.91 Å². The van der Waals surface area contributed by atoms with Gasteiger partial charge >= 0.3 is 12.1 Å². The second-order valence-corrected chi connectivity index (χ2v) is 7.15. The van der Waals surface area contributed by atoms with Gasteiger partial charge in [0.1, 0.15) is 0 Å². The SMILES string of the molecule is CC1=C(C(=O)OCCCc2ccccc2)C(c2ccccc2C(F)(F)F)CC(=O)N1. The van der Waals surface area contributed by atoms with Crippen molar-refractivity contribution in [3.63, 3.8) is 0 Å². The minimum Gasteiger partial charge on any atom is -0.462 e. The molecule has 1 aliphatic heterocycles. The summed E-state index contributed by atoms with van der Waals surface area (Å²) in [6, 6.07) is 14.7. The number of ether oxygens (including phenoxy) is 1. The minimum absolute atomic E-state index is 0.0611. The van der Waals surface area contributed by atoms with Crippen LogP contribution in [-0.4, -0.2) is 18.5 Å². The van der Waals surface area contributed by atoms with Gasteiger partial charge in [-0.25, -0.2) is 4.79 Å². The van der Waals surface area contributed by atoms with E-state index in [0.717, 1.165) is 11.6 Å². The van der Waals surface area contributed by atoms with E-state index in [1.54, 1.807) is 0 Å². The van der Waals surface area contributed by atoms with Crippen molar-refractivity contribution in [2.24, 2.45) is 0 Å². The smallest absolute Gasteiger partial charge is 0.416 e. The molecule has 1 atom stereocenters. The standard InChI is InChI=1S/C23H22F3NO3/c1-15-21(22(29)30-13-7-10-16-8-3-2-4-9-16)18(14-20(28)27-15)17-11-5-6-12-19(17)23(24,25)26/h2-6,8-9,11-12,18H,7,10,13-14H2,1H3,(H,27,28). The zero-order chi connectivity index (χ0) is 21.7. The first-order chi connectivity index (χ1) is 14.3. The number of rotatable bonds is 6. The van der Waals surface area contributed by atoms with Crippen molar-refractivity contribution in [2.75, 3.05) is 6.61 Å². The summed E-state index contributed by atoms with van der Waals surface area (Å²) in [6.45, 7) is 1.63. The highest BCUT2D eigenvalue weighted by molar-refractivity contribution is 5.96. The van der Waals surface area contributed by atoms with Crippen LogP contribution in [-0.2, 0) is 26.9 Å². The fourth-order valence-electron chi connectivity index (χ4n) is 3.66. The highest BCUT2D eigenvalue weighted by Gasteiger charge is 2.39. The molecule has 30 heavy (non-hydrogen) atoms. The number of carbonyl (C=O) groups excluding carboxylic acids is 2. The second kappa shape index (κ2) is 9.15. The molecule has 2 aromatic rings. The lowest BCUT2D eigenvalue weighted by atomic mass is 9.82. The molecule has 2 aromatic carbocycles. The Labute approximate surface area is 172 Å². The van der Waals surface area contributed by atoms with Gasteiger partial charge in [-0.05, 0) is 37.0 Å². The van der Waals surface area contributed by atoms with Crippen molar-refractivity contribution < 1.29 is 27.5 Å². The molecule has 0 fully saturated rings. The van der Waals surface area contributed by atoms with E-state index >= 15 is 0 Å². The highest BCUT2D eigenvalue weighted by Crippen LogP contribution is 2.41. The van der Waals surface area contributed by atoms with Gasteiger partial charge in [-0.15, -0.1) is 0 Å². The number of aryl methyl sites for hydroxylation is 1. The van der Waals surface area contributed by atoms with Gasteiger partial charge < -0.3 is 10.1 Å². The molecule has 1 aliphatic rings. The molecule has 158 valence electrons. The molecule has 1 heterocycles. The molecule has 0 aromatic heterocycles. The number of carbonyl (C=O) groups is 2. The summed E-state index contributed by atoms with van der Waals surface area (Å²) in [5.74, 6) is -2.16. The van der Waals surface area contributed by atoms with Crippen molar-refractivity contribution in [3.05, 3.63) is 82.6 Å². The Kier molecular flexibility index (Phi) is 6.59. The molecule has 1 N–H and O–H groups in total. The monoisotopic (exact) mass is 417 g/mol. The molecule has 0 saturated carbocycles. The molecule has 7 heteroatoms. The Morgan fingerprint density at radius 3 is 2.47 bits per heavy atom. The van der Waals surface area contributed by atoms with Gasteiger partial charge in [-0.2, -0.15) is 13.2 Å². The van der Waals surface area contributed by atoms with Crippen LogP contribution in [0.1, 0.15) is 42.4 Å². The summed E-state index contributed by atoms with van der Waals surface area (Å²) in [5.41, 5.74) is 0.431. The summed E-state index contributed by atoms with van der Waals surface area (Å²) in [7, 11) is 0. The van der Waals surface area contributed by atoms with Crippen molar-refractivity contribution in [2.45, 2.75) is 38.3 Å². The van der Waals surface area contributed by atoms with Crippen LogP contribution >= 0.6 is 0 Å². The maximum Gasteiger partial charge on any atom is 0.416 e. The van der Waals surface area contributed by atoms with Crippen molar-refractivity contribution in [3.8, 4) is 0 Å². The minimum atomic E-state index is -4.59. The third-order valence-electron chi connectivity index (χ3n) is 5.02. The Balaban J connectivity index is 1.78. The Morgan fingerprint density at radius 1 is 1.10 bits per heavy atom. The van der Waals surface area contributed by atoms with Gasteiger partial charge in [0.15, 0.2) is 0 Å². The van der Waals surface area contributed by atoms with E-state index in [0.29, 0.717) is 12.8 Å². The third kappa shape index (κ3) is 5.09. The van der Waals surface area contributed by atoms with Crippen LogP contribution in [0.5, 0.6) is 0 Å². The molecule has 4 nitrogen and oxygen atoms in total. The van der Waals surface area contributed by atoms with Gasteiger partial charge in [0.05, 0.1) is 17.7 Å². The molecule has 0 saturated heterocycles. The van der Waals surface area contributed by atoms with E-state index in [4.69, 9.17) is 4.74 Å². The van der Waals surface area contributed by atoms with E-state index in [9.17, 15) is 22.8 Å². The summed E-state index contributed by atoms with van der Waals surface area (Å²) < 4.78 is 45.9. The number of benzene rings is 2. The number of esters is 1. The van der Waals surface area contributed by atoms with Crippen LogP contribution in [0.25, 0.3) is 0 Å². The van der Waals surface area contributed by atoms with Gasteiger partial charge in [0.25, 0.3) is 0 Å². The van der Waals surface area contributed by atoms with Gasteiger partial charge in [0, 0.05) is 18.0 Å². The third-order valence-corrected chi connectivity index (χ3v) is 5.02. The molecule has 1 unspecified atom stereocenters. The number of alkyl halides is 3. The van der Waals surface area contributed by atoms with Crippen LogP contribution in [0, 0.1) is 0 Å². The Morgan fingerprint density at radius 2 is 1.77 bits per heavy atom. The lowest BCUT2D eigenvalue weighted by molar-refractivity contribution is -0.141. The molecule has 0 bridgehead atoms. The van der Waals surface area contributed by atoms with Gasteiger partial charge in [-0.1, -0.05) is 48.5 Å². The number of amides is 1. The maximum absolute atomic E-state index is 13.5. The van der Waals surface area contributed by atoms with Gasteiger partial charge in [-0.3, -0.25) is 4.79 Å². The highest BCUT2D eigenvalue weighted by atomic mass is 19.4. The zero-order valence-electron chi connectivity index (χ0n) is 16.5. The average molecular weight is 417 g/mol. The molecule has 0 radical (unpaired) electrons. The lowest BCUT2D eigenvalue weighted by Crippen LogP contribution is -2.35. The van der Waals surface area contributed by atoms with Crippen molar-refractivity contribution in [1.82, 2.24) is 5.32 Å². The molecule has 0 spiro atoms. The first-order valence-electron chi connectivity index (χ1n) is 9.65. The largest absolute Gasteiger partial charge is 0.462 e. The number of hydrogen-bond donors (Lipinski definition) is 1. The summed E-state index contributed by atoms with van der Waals surface area (Å²) in [4.78, 5) is 24.8. The van der Waals surface area contributed by atoms with E-state index in [2.05, 4.69) is 5.32 Å². The fourth-order valence-corrected chi connectivity index (χ4v) is 3.66. The molecule has 0 aliphatic carbocycles.